The first-order valence-electron chi connectivity index (χ1n) is 10.5. The Balaban J connectivity index is 1.38. The number of aryl methyl sites for hydroxylation is 1. The largest absolute Gasteiger partial charge is 0.495 e. The van der Waals surface area contributed by atoms with Crippen LogP contribution in [0.2, 0.25) is 0 Å². The van der Waals surface area contributed by atoms with E-state index in [0.717, 1.165) is 29.2 Å². The first-order valence-corrected chi connectivity index (χ1v) is 12.8. The van der Waals surface area contributed by atoms with Gasteiger partial charge in [0.05, 0.1) is 29.8 Å². The highest BCUT2D eigenvalue weighted by atomic mass is 32.2. The summed E-state index contributed by atoms with van der Waals surface area (Å²) in [5.41, 5.74) is 2.06. The summed E-state index contributed by atoms with van der Waals surface area (Å²) in [5, 5.41) is 5.31. The molecule has 4 rings (SSSR count). The van der Waals surface area contributed by atoms with Crippen molar-refractivity contribution in [1.29, 1.82) is 0 Å². The minimum absolute atomic E-state index is 0.0102. The number of nitrogens with zero attached hydrogens (tertiary/aromatic N) is 1. The standard InChI is InChI=1S/C23H25N3O5S2/c1-15-3-7-18(8-4-15)31-13-23-24-17(14-32-23)11-22(27)25-20-12-19(9-10-21(20)30-2)33(28,29)26-16-5-6-16/h3-4,7-10,12,14,16,26H,5-6,11,13H2,1-2H3,(H,25,27). The van der Waals surface area contributed by atoms with Crippen molar-refractivity contribution in [1.82, 2.24) is 9.71 Å². The first-order chi connectivity index (χ1) is 15.8. The molecule has 1 amide bonds. The van der Waals surface area contributed by atoms with Crippen molar-refractivity contribution in [2.24, 2.45) is 0 Å². The van der Waals surface area contributed by atoms with Gasteiger partial charge in [-0.2, -0.15) is 0 Å². The second-order valence-corrected chi connectivity index (χ2v) is 10.5. The number of methoxy groups -OCH3 is 1. The van der Waals surface area contributed by atoms with Crippen molar-refractivity contribution < 1.29 is 22.7 Å². The lowest BCUT2D eigenvalue weighted by Gasteiger charge is -2.12. The molecule has 1 aliphatic carbocycles. The van der Waals surface area contributed by atoms with Crippen molar-refractivity contribution in [2.45, 2.75) is 43.7 Å². The van der Waals surface area contributed by atoms with Gasteiger partial charge in [0.2, 0.25) is 15.9 Å². The van der Waals surface area contributed by atoms with Gasteiger partial charge in [0.1, 0.15) is 23.1 Å². The summed E-state index contributed by atoms with van der Waals surface area (Å²) in [6.07, 6.45) is 1.72. The SMILES string of the molecule is COc1ccc(S(=O)(=O)NC2CC2)cc1NC(=O)Cc1csc(COc2ccc(C)cc2)n1. The molecule has 2 aromatic carbocycles. The fraction of sp³-hybridized carbons (Fsp3) is 0.304. The third-order valence-electron chi connectivity index (χ3n) is 4.98. The molecule has 1 saturated carbocycles. The van der Waals surface area contributed by atoms with Crippen LogP contribution in [0, 0.1) is 6.92 Å². The number of ether oxygens (including phenoxy) is 2. The van der Waals surface area contributed by atoms with E-state index >= 15 is 0 Å². The second-order valence-electron chi connectivity index (χ2n) is 7.82. The minimum atomic E-state index is -3.65. The molecular weight excluding hydrogens is 462 g/mol. The summed E-state index contributed by atoms with van der Waals surface area (Å²) < 4.78 is 38.7. The van der Waals surface area contributed by atoms with Crippen LogP contribution in [-0.2, 0) is 27.8 Å². The number of anilines is 1. The Morgan fingerprint density at radius 3 is 2.64 bits per heavy atom. The van der Waals surface area contributed by atoms with Crippen molar-refractivity contribution in [3.8, 4) is 11.5 Å². The van der Waals surface area contributed by atoms with Gasteiger partial charge in [-0.1, -0.05) is 17.7 Å². The monoisotopic (exact) mass is 487 g/mol. The summed E-state index contributed by atoms with van der Waals surface area (Å²) in [4.78, 5) is 17.2. The molecule has 0 bridgehead atoms. The van der Waals surface area contributed by atoms with Crippen LogP contribution in [0.25, 0.3) is 0 Å². The molecule has 2 N–H and O–H groups in total. The van der Waals surface area contributed by atoms with Crippen LogP contribution < -0.4 is 19.5 Å². The van der Waals surface area contributed by atoms with Crippen LogP contribution in [0.4, 0.5) is 5.69 Å². The van der Waals surface area contributed by atoms with E-state index in [1.807, 2.05) is 36.6 Å². The highest BCUT2D eigenvalue weighted by Crippen LogP contribution is 2.29. The maximum atomic E-state index is 12.6. The van der Waals surface area contributed by atoms with Crippen molar-refractivity contribution in [3.63, 3.8) is 0 Å². The van der Waals surface area contributed by atoms with Gasteiger partial charge >= 0.3 is 0 Å². The number of rotatable bonds is 10. The molecule has 33 heavy (non-hydrogen) atoms. The average Bonchev–Trinajstić information content (AvgIpc) is 3.48. The van der Waals surface area contributed by atoms with E-state index < -0.39 is 10.0 Å². The zero-order valence-electron chi connectivity index (χ0n) is 18.3. The lowest BCUT2D eigenvalue weighted by Crippen LogP contribution is -2.26. The number of hydrogen-bond donors (Lipinski definition) is 2. The Kier molecular flexibility index (Phi) is 6.96. The Hall–Kier alpha value is -2.95. The smallest absolute Gasteiger partial charge is 0.240 e. The molecule has 0 saturated heterocycles. The van der Waals surface area contributed by atoms with E-state index in [1.54, 1.807) is 0 Å². The zero-order valence-corrected chi connectivity index (χ0v) is 20.0. The average molecular weight is 488 g/mol. The number of thiazole rings is 1. The predicted octanol–water partition coefficient (Wildman–Crippen LogP) is 3.66. The summed E-state index contributed by atoms with van der Waals surface area (Å²) in [7, 11) is -2.19. The van der Waals surface area contributed by atoms with Crippen LogP contribution in [0.15, 0.2) is 52.7 Å². The molecule has 0 radical (unpaired) electrons. The van der Waals surface area contributed by atoms with Gasteiger partial charge in [-0.3, -0.25) is 4.79 Å². The van der Waals surface area contributed by atoms with Gasteiger partial charge in [0.25, 0.3) is 0 Å². The molecule has 1 aromatic heterocycles. The van der Waals surface area contributed by atoms with Gasteiger partial charge in [-0.15, -0.1) is 11.3 Å². The minimum Gasteiger partial charge on any atom is -0.495 e. The van der Waals surface area contributed by atoms with E-state index in [0.29, 0.717) is 23.7 Å². The van der Waals surface area contributed by atoms with E-state index in [9.17, 15) is 13.2 Å². The van der Waals surface area contributed by atoms with Gasteiger partial charge < -0.3 is 14.8 Å². The lowest BCUT2D eigenvalue weighted by atomic mass is 10.2. The molecule has 8 nitrogen and oxygen atoms in total. The van der Waals surface area contributed by atoms with Crippen LogP contribution in [0.5, 0.6) is 11.5 Å². The van der Waals surface area contributed by atoms with Crippen molar-refractivity contribution in [3.05, 3.63) is 64.1 Å². The van der Waals surface area contributed by atoms with Crippen LogP contribution in [0.3, 0.4) is 0 Å². The molecule has 1 fully saturated rings. The molecule has 174 valence electrons. The van der Waals surface area contributed by atoms with E-state index in [2.05, 4.69) is 15.0 Å². The number of benzene rings is 2. The molecule has 10 heteroatoms. The van der Waals surface area contributed by atoms with E-state index in [1.165, 1.54) is 36.6 Å². The lowest BCUT2D eigenvalue weighted by molar-refractivity contribution is -0.115. The Labute approximate surface area is 197 Å². The molecule has 0 spiro atoms. The predicted molar refractivity (Wildman–Crippen MR) is 126 cm³/mol. The summed E-state index contributed by atoms with van der Waals surface area (Å²) in [5.74, 6) is 0.807. The molecule has 3 aromatic rings. The van der Waals surface area contributed by atoms with Gasteiger partial charge in [0, 0.05) is 11.4 Å². The van der Waals surface area contributed by atoms with Crippen LogP contribution >= 0.6 is 11.3 Å². The molecule has 0 atom stereocenters. The zero-order chi connectivity index (χ0) is 23.4. The van der Waals surface area contributed by atoms with Gasteiger partial charge in [0.15, 0.2) is 0 Å². The Morgan fingerprint density at radius 2 is 1.94 bits per heavy atom. The number of sulfonamides is 1. The number of aromatic nitrogens is 1. The highest BCUT2D eigenvalue weighted by molar-refractivity contribution is 7.89. The fourth-order valence-electron chi connectivity index (χ4n) is 3.08. The van der Waals surface area contributed by atoms with Gasteiger partial charge in [-0.05, 0) is 50.1 Å². The fourth-order valence-corrected chi connectivity index (χ4v) is 5.11. The molecule has 1 aliphatic rings. The van der Waals surface area contributed by atoms with Crippen molar-refractivity contribution in [2.75, 3.05) is 12.4 Å². The number of amides is 1. The third kappa shape index (κ3) is 6.31. The van der Waals surface area contributed by atoms with Crippen LogP contribution in [-0.4, -0.2) is 32.5 Å². The molecule has 0 aliphatic heterocycles. The first kappa shape index (κ1) is 23.2. The highest BCUT2D eigenvalue weighted by Gasteiger charge is 2.28. The van der Waals surface area contributed by atoms with E-state index in [4.69, 9.17) is 9.47 Å². The molecular formula is C23H25N3O5S2. The van der Waals surface area contributed by atoms with Crippen LogP contribution in [0.1, 0.15) is 29.1 Å². The second kappa shape index (κ2) is 9.90. The van der Waals surface area contributed by atoms with E-state index in [-0.39, 0.29) is 23.3 Å². The molecule has 1 heterocycles. The number of hydrogen-bond acceptors (Lipinski definition) is 7. The normalized spacial score (nSPS) is 13.5. The maximum Gasteiger partial charge on any atom is 0.240 e. The third-order valence-corrected chi connectivity index (χ3v) is 7.37. The number of carbonyl (C=O) groups excluding carboxylic acids is 1. The number of nitrogens with one attached hydrogen (secondary N) is 2. The summed E-state index contributed by atoms with van der Waals surface area (Å²) >= 11 is 1.42. The Bertz CT molecular complexity index is 1240. The number of carbonyl (C=O) groups is 1. The van der Waals surface area contributed by atoms with Crippen molar-refractivity contribution >= 4 is 33.0 Å². The summed E-state index contributed by atoms with van der Waals surface area (Å²) in [6.45, 7) is 2.33. The van der Waals surface area contributed by atoms with Gasteiger partial charge in [-0.25, -0.2) is 18.1 Å². The maximum absolute atomic E-state index is 12.6. The summed E-state index contributed by atoms with van der Waals surface area (Å²) in [6, 6.07) is 12.1. The Morgan fingerprint density at radius 1 is 1.18 bits per heavy atom. The quantitative estimate of drug-likeness (QED) is 0.452. The topological polar surface area (TPSA) is 107 Å². The molecule has 0 unspecified atom stereocenters.